The third kappa shape index (κ3) is 4.02. The number of rotatable bonds is 6. The van der Waals surface area contributed by atoms with Crippen molar-refractivity contribution in [1.82, 2.24) is 4.31 Å². The van der Waals surface area contributed by atoms with Crippen molar-refractivity contribution in [3.63, 3.8) is 0 Å². The zero-order valence-corrected chi connectivity index (χ0v) is 13.6. The molecule has 19 heavy (non-hydrogen) atoms. The molecule has 4 nitrogen and oxygen atoms in total. The Morgan fingerprint density at radius 2 is 2.11 bits per heavy atom. The van der Waals surface area contributed by atoms with Crippen LogP contribution < -0.4 is 5.73 Å². The monoisotopic (exact) mass is 322 g/mol. The van der Waals surface area contributed by atoms with Gasteiger partial charge in [0, 0.05) is 13.1 Å². The average molecular weight is 323 g/mol. The van der Waals surface area contributed by atoms with Crippen molar-refractivity contribution < 1.29 is 8.42 Å². The van der Waals surface area contributed by atoms with Crippen LogP contribution in [-0.4, -0.2) is 37.8 Å². The maximum absolute atomic E-state index is 12.4. The molecule has 0 radical (unpaired) electrons. The molecule has 0 fully saturated rings. The second-order valence-corrected chi connectivity index (χ2v) is 7.73. The van der Waals surface area contributed by atoms with E-state index in [1.54, 1.807) is 18.8 Å². The zero-order valence-electron chi connectivity index (χ0n) is 11.3. The fraction of sp³-hybridized carbons (Fsp3) is 0.500. The number of anilines is 1. The summed E-state index contributed by atoms with van der Waals surface area (Å²) >= 11 is 7.50. The van der Waals surface area contributed by atoms with Gasteiger partial charge in [-0.1, -0.05) is 11.6 Å². The molecule has 0 aliphatic rings. The van der Waals surface area contributed by atoms with Gasteiger partial charge < -0.3 is 5.73 Å². The number of hydrogen-bond acceptors (Lipinski definition) is 4. The van der Waals surface area contributed by atoms with Crippen LogP contribution in [0.3, 0.4) is 0 Å². The summed E-state index contributed by atoms with van der Waals surface area (Å²) < 4.78 is 26.2. The lowest BCUT2D eigenvalue weighted by Crippen LogP contribution is -2.35. The molecule has 0 aromatic heterocycles. The molecule has 2 N–H and O–H groups in total. The van der Waals surface area contributed by atoms with Crippen molar-refractivity contribution >= 4 is 39.1 Å². The van der Waals surface area contributed by atoms with Gasteiger partial charge in [-0.2, -0.15) is 16.1 Å². The van der Waals surface area contributed by atoms with Gasteiger partial charge in [-0.15, -0.1) is 0 Å². The van der Waals surface area contributed by atoms with Crippen molar-refractivity contribution in [2.45, 2.75) is 24.3 Å². The molecule has 0 amide bonds. The van der Waals surface area contributed by atoms with E-state index in [0.717, 1.165) is 12.2 Å². The number of hydrogen-bond donors (Lipinski definition) is 1. The van der Waals surface area contributed by atoms with Gasteiger partial charge in [0.05, 0.1) is 15.6 Å². The molecule has 0 saturated carbocycles. The summed E-state index contributed by atoms with van der Waals surface area (Å²) in [6, 6.07) is 4.32. The largest absolute Gasteiger partial charge is 0.397 e. The highest BCUT2D eigenvalue weighted by molar-refractivity contribution is 7.98. The van der Waals surface area contributed by atoms with Crippen LogP contribution in [0.2, 0.25) is 5.02 Å². The van der Waals surface area contributed by atoms with Gasteiger partial charge in [0.1, 0.15) is 0 Å². The van der Waals surface area contributed by atoms with Crippen molar-refractivity contribution in [2.24, 2.45) is 0 Å². The quantitative estimate of drug-likeness (QED) is 0.818. The standard InChI is InChI=1S/C12H19ClN2O2S2/c1-9(6-7-18-3)15(2)19(16,17)10-4-5-11(13)12(14)8-10/h4-5,8-9H,6-7,14H2,1-3H3. The fourth-order valence-electron chi connectivity index (χ4n) is 1.56. The van der Waals surface area contributed by atoms with E-state index in [0.29, 0.717) is 5.02 Å². The maximum Gasteiger partial charge on any atom is 0.243 e. The smallest absolute Gasteiger partial charge is 0.243 e. The van der Waals surface area contributed by atoms with Crippen LogP contribution in [0.5, 0.6) is 0 Å². The molecule has 0 saturated heterocycles. The van der Waals surface area contributed by atoms with E-state index >= 15 is 0 Å². The number of benzene rings is 1. The molecule has 0 spiro atoms. The molecular formula is C12H19ClN2O2S2. The van der Waals surface area contributed by atoms with Gasteiger partial charge in [-0.25, -0.2) is 8.42 Å². The van der Waals surface area contributed by atoms with Crippen LogP contribution in [0.25, 0.3) is 0 Å². The number of nitrogens with zero attached hydrogens (tertiary/aromatic N) is 1. The van der Waals surface area contributed by atoms with Gasteiger partial charge in [0.2, 0.25) is 10.0 Å². The summed E-state index contributed by atoms with van der Waals surface area (Å²) in [4.78, 5) is 0.174. The Kier molecular flexibility index (Phi) is 5.98. The minimum atomic E-state index is -3.52. The minimum absolute atomic E-state index is 0.0608. The molecule has 1 rings (SSSR count). The molecular weight excluding hydrogens is 304 g/mol. The minimum Gasteiger partial charge on any atom is -0.397 e. The van der Waals surface area contributed by atoms with E-state index in [-0.39, 0.29) is 16.6 Å². The lowest BCUT2D eigenvalue weighted by Gasteiger charge is -2.24. The van der Waals surface area contributed by atoms with Gasteiger partial charge >= 0.3 is 0 Å². The molecule has 0 heterocycles. The topological polar surface area (TPSA) is 63.4 Å². The Balaban J connectivity index is 2.99. The highest BCUT2D eigenvalue weighted by Gasteiger charge is 2.25. The van der Waals surface area contributed by atoms with E-state index in [1.165, 1.54) is 22.5 Å². The molecule has 1 atom stereocenters. The first-order valence-electron chi connectivity index (χ1n) is 5.82. The summed E-state index contributed by atoms with van der Waals surface area (Å²) in [6.45, 7) is 1.90. The van der Waals surface area contributed by atoms with Crippen molar-refractivity contribution in [2.75, 3.05) is 24.8 Å². The van der Waals surface area contributed by atoms with E-state index in [4.69, 9.17) is 17.3 Å². The number of halogens is 1. The van der Waals surface area contributed by atoms with Gasteiger partial charge in [0.15, 0.2) is 0 Å². The first-order chi connectivity index (χ1) is 8.80. The summed E-state index contributed by atoms with van der Waals surface area (Å²) in [5.41, 5.74) is 5.93. The second-order valence-electron chi connectivity index (χ2n) is 4.34. The Bertz CT molecular complexity index is 535. The third-order valence-electron chi connectivity index (χ3n) is 3.00. The van der Waals surface area contributed by atoms with Crippen LogP contribution >= 0.6 is 23.4 Å². The number of nitrogens with two attached hydrogens (primary N) is 1. The van der Waals surface area contributed by atoms with Crippen molar-refractivity contribution in [3.8, 4) is 0 Å². The molecule has 0 aliphatic heterocycles. The molecule has 1 aromatic rings. The predicted octanol–water partition coefficient (Wildman–Crippen LogP) is 2.68. The molecule has 0 aliphatic carbocycles. The van der Waals surface area contributed by atoms with Crippen molar-refractivity contribution in [3.05, 3.63) is 23.2 Å². The van der Waals surface area contributed by atoms with Crippen LogP contribution in [0.1, 0.15) is 13.3 Å². The van der Waals surface area contributed by atoms with Crippen molar-refractivity contribution in [1.29, 1.82) is 0 Å². The Hall–Kier alpha value is -0.430. The van der Waals surface area contributed by atoms with E-state index in [9.17, 15) is 8.42 Å². The normalized spacial score (nSPS) is 13.7. The highest BCUT2D eigenvalue weighted by Crippen LogP contribution is 2.25. The summed E-state index contributed by atoms with van der Waals surface area (Å²) in [5, 5.41) is 0.358. The Morgan fingerprint density at radius 1 is 1.47 bits per heavy atom. The first-order valence-corrected chi connectivity index (χ1v) is 9.04. The Labute approximate surface area is 124 Å². The third-order valence-corrected chi connectivity index (χ3v) is 5.96. The van der Waals surface area contributed by atoms with Gasteiger partial charge in [-0.05, 0) is 43.6 Å². The molecule has 0 bridgehead atoms. The zero-order chi connectivity index (χ0) is 14.6. The van der Waals surface area contributed by atoms with Crippen LogP contribution in [0.15, 0.2) is 23.1 Å². The lowest BCUT2D eigenvalue weighted by molar-refractivity contribution is 0.382. The Morgan fingerprint density at radius 3 is 2.63 bits per heavy atom. The first kappa shape index (κ1) is 16.6. The maximum atomic E-state index is 12.4. The van der Waals surface area contributed by atoms with E-state index in [1.807, 2.05) is 13.2 Å². The number of nitrogen functional groups attached to an aromatic ring is 1. The SMILES string of the molecule is CSCCC(C)N(C)S(=O)(=O)c1ccc(Cl)c(N)c1. The highest BCUT2D eigenvalue weighted by atomic mass is 35.5. The predicted molar refractivity (Wildman–Crippen MR) is 83.3 cm³/mol. The van der Waals surface area contributed by atoms with Crippen LogP contribution in [0, 0.1) is 0 Å². The molecule has 1 aromatic carbocycles. The van der Waals surface area contributed by atoms with Crippen LogP contribution in [0.4, 0.5) is 5.69 Å². The van der Waals surface area contributed by atoms with E-state index < -0.39 is 10.0 Å². The molecule has 1 unspecified atom stereocenters. The average Bonchev–Trinajstić information content (AvgIpc) is 2.37. The summed E-state index contributed by atoms with van der Waals surface area (Å²) in [6.07, 6.45) is 2.81. The van der Waals surface area contributed by atoms with Gasteiger partial charge in [0.25, 0.3) is 0 Å². The van der Waals surface area contributed by atoms with E-state index in [2.05, 4.69) is 0 Å². The van der Waals surface area contributed by atoms with Crippen LogP contribution in [-0.2, 0) is 10.0 Å². The second kappa shape index (κ2) is 6.83. The molecule has 108 valence electrons. The summed E-state index contributed by atoms with van der Waals surface area (Å²) in [5.74, 6) is 0.920. The van der Waals surface area contributed by atoms with Gasteiger partial charge in [-0.3, -0.25) is 0 Å². The summed E-state index contributed by atoms with van der Waals surface area (Å²) in [7, 11) is -1.93. The number of sulfonamides is 1. The lowest BCUT2D eigenvalue weighted by atomic mass is 10.3. The molecule has 7 heteroatoms. The fourth-order valence-corrected chi connectivity index (χ4v) is 3.68. The number of thioether (sulfide) groups is 1.